The Balaban J connectivity index is 1.69. The monoisotopic (exact) mass is 255 g/mol. The van der Waals surface area contributed by atoms with Gasteiger partial charge in [0.15, 0.2) is 0 Å². The van der Waals surface area contributed by atoms with Gasteiger partial charge >= 0.3 is 0 Å². The summed E-state index contributed by atoms with van der Waals surface area (Å²) >= 11 is 0. The Labute approximate surface area is 112 Å². The predicted molar refractivity (Wildman–Crippen MR) is 74.8 cm³/mol. The summed E-state index contributed by atoms with van der Waals surface area (Å²) < 4.78 is 0. The fourth-order valence-electron chi connectivity index (χ4n) is 3.16. The number of aliphatic hydroxyl groups is 1. The molecule has 0 aromatic rings. The van der Waals surface area contributed by atoms with Crippen LogP contribution in [0.3, 0.4) is 0 Å². The smallest absolute Gasteiger partial charge is 0.0555 e. The van der Waals surface area contributed by atoms with E-state index in [1.165, 1.54) is 45.6 Å². The van der Waals surface area contributed by atoms with Gasteiger partial charge in [0.2, 0.25) is 0 Å². The van der Waals surface area contributed by atoms with Crippen LogP contribution in [0.2, 0.25) is 0 Å². The number of likely N-dealkylation sites (N-methyl/N-ethyl adjacent to an activating group) is 1. The molecule has 18 heavy (non-hydrogen) atoms. The Bertz CT molecular complexity index is 239. The van der Waals surface area contributed by atoms with Gasteiger partial charge in [-0.1, -0.05) is 0 Å². The van der Waals surface area contributed by atoms with Crippen molar-refractivity contribution in [3.8, 4) is 0 Å². The molecule has 2 atom stereocenters. The molecule has 1 saturated heterocycles. The molecule has 2 fully saturated rings. The maximum absolute atomic E-state index is 9.76. The minimum atomic E-state index is -0.0458. The van der Waals surface area contributed by atoms with Gasteiger partial charge in [-0.25, -0.2) is 0 Å². The molecule has 0 aromatic heterocycles. The van der Waals surface area contributed by atoms with Crippen LogP contribution in [-0.4, -0.2) is 85.3 Å². The third-order valence-corrected chi connectivity index (χ3v) is 4.41. The van der Waals surface area contributed by atoms with Gasteiger partial charge in [-0.05, 0) is 39.8 Å². The fourth-order valence-corrected chi connectivity index (χ4v) is 3.16. The van der Waals surface area contributed by atoms with Crippen molar-refractivity contribution in [1.29, 1.82) is 0 Å². The van der Waals surface area contributed by atoms with E-state index < -0.39 is 0 Å². The van der Waals surface area contributed by atoms with Crippen molar-refractivity contribution in [3.63, 3.8) is 0 Å². The Morgan fingerprint density at radius 1 is 1.11 bits per heavy atom. The van der Waals surface area contributed by atoms with Crippen LogP contribution in [0.1, 0.15) is 25.7 Å². The molecule has 2 unspecified atom stereocenters. The van der Waals surface area contributed by atoms with E-state index >= 15 is 0 Å². The standard InChI is InChI=1S/C14H29N3O/c1-15(2)6-7-16-8-10-17(11-9-16)13-4-3-5-14(18)12-13/h13-14,18H,3-12H2,1-2H3. The van der Waals surface area contributed by atoms with Crippen LogP contribution in [0.4, 0.5) is 0 Å². The lowest BCUT2D eigenvalue weighted by atomic mass is 9.91. The number of aliphatic hydroxyl groups excluding tert-OH is 1. The third kappa shape index (κ3) is 4.19. The summed E-state index contributed by atoms with van der Waals surface area (Å²) in [5.74, 6) is 0. The topological polar surface area (TPSA) is 30.0 Å². The second-order valence-corrected chi connectivity index (χ2v) is 6.16. The molecule has 1 aliphatic carbocycles. The lowest BCUT2D eigenvalue weighted by Gasteiger charge is -2.41. The van der Waals surface area contributed by atoms with Gasteiger partial charge in [-0.2, -0.15) is 0 Å². The summed E-state index contributed by atoms with van der Waals surface area (Å²) in [5.41, 5.74) is 0. The zero-order valence-corrected chi connectivity index (χ0v) is 12.0. The highest BCUT2D eigenvalue weighted by Crippen LogP contribution is 2.23. The Kier molecular flexibility index (Phi) is 5.42. The van der Waals surface area contributed by atoms with Crippen molar-refractivity contribution in [1.82, 2.24) is 14.7 Å². The summed E-state index contributed by atoms with van der Waals surface area (Å²) in [7, 11) is 4.28. The van der Waals surface area contributed by atoms with Crippen LogP contribution in [0, 0.1) is 0 Å². The number of hydrogen-bond donors (Lipinski definition) is 1. The highest BCUT2D eigenvalue weighted by Gasteiger charge is 2.27. The summed E-state index contributed by atoms with van der Waals surface area (Å²) in [5, 5.41) is 9.76. The highest BCUT2D eigenvalue weighted by atomic mass is 16.3. The van der Waals surface area contributed by atoms with Crippen molar-refractivity contribution < 1.29 is 5.11 Å². The van der Waals surface area contributed by atoms with E-state index in [-0.39, 0.29) is 6.10 Å². The van der Waals surface area contributed by atoms with Crippen LogP contribution < -0.4 is 0 Å². The third-order valence-electron chi connectivity index (χ3n) is 4.41. The van der Waals surface area contributed by atoms with Crippen LogP contribution in [-0.2, 0) is 0 Å². The van der Waals surface area contributed by atoms with Crippen LogP contribution in [0.5, 0.6) is 0 Å². The summed E-state index contributed by atoms with van der Waals surface area (Å²) in [4.78, 5) is 7.42. The second-order valence-electron chi connectivity index (χ2n) is 6.16. The Hall–Kier alpha value is -0.160. The van der Waals surface area contributed by atoms with Gasteiger partial charge in [0.05, 0.1) is 6.10 Å². The zero-order chi connectivity index (χ0) is 13.0. The zero-order valence-electron chi connectivity index (χ0n) is 12.0. The molecule has 4 nitrogen and oxygen atoms in total. The van der Waals surface area contributed by atoms with Gasteiger partial charge in [0.1, 0.15) is 0 Å². The van der Waals surface area contributed by atoms with Crippen molar-refractivity contribution >= 4 is 0 Å². The van der Waals surface area contributed by atoms with Gasteiger partial charge in [-0.3, -0.25) is 9.80 Å². The van der Waals surface area contributed by atoms with Crippen LogP contribution >= 0.6 is 0 Å². The quantitative estimate of drug-likeness (QED) is 0.791. The summed E-state index contributed by atoms with van der Waals surface area (Å²) in [6.07, 6.45) is 4.45. The lowest BCUT2D eigenvalue weighted by Crippen LogP contribution is -2.52. The molecule has 0 amide bonds. The largest absolute Gasteiger partial charge is 0.393 e. The predicted octanol–water partition coefficient (Wildman–Crippen LogP) is 0.469. The molecule has 1 saturated carbocycles. The normalized spacial score (nSPS) is 32.0. The van der Waals surface area contributed by atoms with E-state index in [1.54, 1.807) is 0 Å². The molecular formula is C14H29N3O. The average Bonchev–Trinajstić information content (AvgIpc) is 2.37. The maximum Gasteiger partial charge on any atom is 0.0555 e. The molecule has 2 aliphatic rings. The molecule has 106 valence electrons. The molecular weight excluding hydrogens is 226 g/mol. The maximum atomic E-state index is 9.76. The highest BCUT2D eigenvalue weighted by molar-refractivity contribution is 4.83. The van der Waals surface area contributed by atoms with E-state index in [4.69, 9.17) is 0 Å². The first-order valence-electron chi connectivity index (χ1n) is 7.44. The molecule has 0 bridgehead atoms. The first-order chi connectivity index (χ1) is 8.65. The van der Waals surface area contributed by atoms with E-state index in [2.05, 4.69) is 28.8 Å². The minimum absolute atomic E-state index is 0.0458. The van der Waals surface area contributed by atoms with Crippen molar-refractivity contribution in [2.75, 3.05) is 53.4 Å². The number of nitrogens with zero attached hydrogens (tertiary/aromatic N) is 3. The fraction of sp³-hybridized carbons (Fsp3) is 1.00. The first-order valence-corrected chi connectivity index (χ1v) is 7.44. The van der Waals surface area contributed by atoms with Gasteiger partial charge in [0.25, 0.3) is 0 Å². The van der Waals surface area contributed by atoms with Gasteiger partial charge in [-0.15, -0.1) is 0 Å². The molecule has 1 N–H and O–H groups in total. The van der Waals surface area contributed by atoms with E-state index in [0.717, 1.165) is 19.4 Å². The summed E-state index contributed by atoms with van der Waals surface area (Å²) in [6, 6.07) is 0.643. The minimum Gasteiger partial charge on any atom is -0.393 e. The molecule has 0 spiro atoms. The molecule has 2 rings (SSSR count). The van der Waals surface area contributed by atoms with Crippen molar-refractivity contribution in [2.45, 2.75) is 37.8 Å². The van der Waals surface area contributed by atoms with Crippen molar-refractivity contribution in [2.24, 2.45) is 0 Å². The van der Waals surface area contributed by atoms with Crippen LogP contribution in [0.25, 0.3) is 0 Å². The molecule has 4 heteroatoms. The SMILES string of the molecule is CN(C)CCN1CCN(C2CCCC(O)C2)CC1. The average molecular weight is 255 g/mol. The number of piperazine rings is 1. The first kappa shape index (κ1) is 14.3. The molecule has 0 radical (unpaired) electrons. The Morgan fingerprint density at radius 3 is 2.44 bits per heavy atom. The van der Waals surface area contributed by atoms with Crippen LogP contribution in [0.15, 0.2) is 0 Å². The van der Waals surface area contributed by atoms with E-state index in [0.29, 0.717) is 6.04 Å². The van der Waals surface area contributed by atoms with E-state index in [9.17, 15) is 5.11 Å². The van der Waals surface area contributed by atoms with Gasteiger partial charge in [0, 0.05) is 45.3 Å². The molecule has 1 aliphatic heterocycles. The number of hydrogen-bond acceptors (Lipinski definition) is 4. The number of rotatable bonds is 4. The van der Waals surface area contributed by atoms with E-state index in [1.807, 2.05) is 0 Å². The Morgan fingerprint density at radius 2 is 1.83 bits per heavy atom. The lowest BCUT2D eigenvalue weighted by molar-refractivity contribution is 0.0328. The molecule has 0 aromatic carbocycles. The second kappa shape index (κ2) is 6.85. The van der Waals surface area contributed by atoms with Gasteiger partial charge < -0.3 is 10.0 Å². The molecule has 1 heterocycles. The van der Waals surface area contributed by atoms with Crippen molar-refractivity contribution in [3.05, 3.63) is 0 Å². The summed E-state index contributed by atoms with van der Waals surface area (Å²) in [6.45, 7) is 7.10.